The third-order valence-corrected chi connectivity index (χ3v) is 8.29. The molecule has 9 rings (SSSR count). The Balaban J connectivity index is 1.40. The molecule has 0 aliphatic rings. The van der Waals surface area contributed by atoms with Crippen molar-refractivity contribution < 1.29 is 0 Å². The second-order valence-electron chi connectivity index (χ2n) is 10.5. The maximum absolute atomic E-state index is 3.79. The van der Waals surface area contributed by atoms with Gasteiger partial charge in [-0.05, 0) is 57.9 Å². The summed E-state index contributed by atoms with van der Waals surface area (Å²) in [5, 5.41) is 9.94. The van der Waals surface area contributed by atoms with Gasteiger partial charge in [0.2, 0.25) is 0 Å². The lowest BCUT2D eigenvalue weighted by atomic mass is 9.91. The number of aromatic amines is 3. The van der Waals surface area contributed by atoms with Gasteiger partial charge in [0.05, 0.1) is 11.0 Å². The van der Waals surface area contributed by atoms with E-state index in [0.717, 1.165) is 22.2 Å². The average molecular weight is 498 g/mol. The molecule has 0 spiro atoms. The summed E-state index contributed by atoms with van der Waals surface area (Å²) in [6.07, 6.45) is 2.14. The van der Waals surface area contributed by atoms with Crippen LogP contribution in [0.3, 0.4) is 0 Å². The average Bonchev–Trinajstić information content (AvgIpc) is 3.69. The van der Waals surface area contributed by atoms with Crippen LogP contribution < -0.4 is 0 Å². The maximum Gasteiger partial charge on any atom is 0.0551 e. The molecule has 0 aliphatic carbocycles. The molecule has 0 saturated carbocycles. The number of hydrogen-bond donors (Lipinski definition) is 3. The Morgan fingerprint density at radius 1 is 0.410 bits per heavy atom. The standard InChI is InChI=1S/C36H23N3/c1-2-9-22-17-28-24(16-21(22)8-1)18-29-25-11-4-6-15-32(25)39-36(29)34(28)27-13-7-12-26-30(20-37-35(26)27)33-19-23-10-3-5-14-31(23)38-33/h1-20,37-39H. The molecule has 0 atom stereocenters. The molecular weight excluding hydrogens is 474 g/mol. The lowest BCUT2D eigenvalue weighted by molar-refractivity contribution is 1.43. The van der Waals surface area contributed by atoms with Gasteiger partial charge in [-0.3, -0.25) is 0 Å². The highest BCUT2D eigenvalue weighted by Gasteiger charge is 2.19. The van der Waals surface area contributed by atoms with E-state index in [1.54, 1.807) is 0 Å². The minimum Gasteiger partial charge on any atom is -0.360 e. The lowest BCUT2D eigenvalue weighted by Gasteiger charge is -2.12. The van der Waals surface area contributed by atoms with Crippen LogP contribution in [0.1, 0.15) is 0 Å². The number of rotatable bonds is 2. The zero-order valence-electron chi connectivity index (χ0n) is 21.0. The second kappa shape index (κ2) is 7.62. The molecule has 3 heteroatoms. The van der Waals surface area contributed by atoms with Crippen LogP contribution >= 0.6 is 0 Å². The van der Waals surface area contributed by atoms with Crippen LogP contribution in [0.5, 0.6) is 0 Å². The highest BCUT2D eigenvalue weighted by Crippen LogP contribution is 2.44. The van der Waals surface area contributed by atoms with E-state index in [4.69, 9.17) is 0 Å². The summed E-state index contributed by atoms with van der Waals surface area (Å²) in [5.74, 6) is 0. The Hall–Kier alpha value is -5.28. The normalized spacial score (nSPS) is 12.1. The Bertz CT molecular complexity index is 2360. The van der Waals surface area contributed by atoms with E-state index in [1.165, 1.54) is 65.3 Å². The second-order valence-corrected chi connectivity index (χ2v) is 10.5. The van der Waals surface area contributed by atoms with E-state index in [-0.39, 0.29) is 0 Å². The molecule has 3 N–H and O–H groups in total. The summed E-state index contributed by atoms with van der Waals surface area (Å²) in [6.45, 7) is 0. The van der Waals surface area contributed by atoms with Crippen LogP contribution in [0.25, 0.3) is 87.5 Å². The molecule has 0 radical (unpaired) electrons. The zero-order chi connectivity index (χ0) is 25.5. The van der Waals surface area contributed by atoms with Crippen molar-refractivity contribution in [3.63, 3.8) is 0 Å². The Morgan fingerprint density at radius 2 is 1.13 bits per heavy atom. The molecule has 0 bridgehead atoms. The summed E-state index contributed by atoms with van der Waals surface area (Å²) >= 11 is 0. The van der Waals surface area contributed by atoms with Crippen LogP contribution in [-0.4, -0.2) is 15.0 Å². The zero-order valence-corrected chi connectivity index (χ0v) is 21.0. The fraction of sp³-hybridized carbons (Fsp3) is 0. The molecule has 0 unspecified atom stereocenters. The van der Waals surface area contributed by atoms with Gasteiger partial charge in [-0.25, -0.2) is 0 Å². The monoisotopic (exact) mass is 497 g/mol. The molecule has 0 saturated heterocycles. The first-order valence-electron chi connectivity index (χ1n) is 13.4. The Morgan fingerprint density at radius 3 is 2.00 bits per heavy atom. The molecule has 9 aromatic rings. The fourth-order valence-electron chi connectivity index (χ4n) is 6.48. The maximum atomic E-state index is 3.79. The van der Waals surface area contributed by atoms with Crippen LogP contribution in [0, 0.1) is 0 Å². The molecule has 3 nitrogen and oxygen atoms in total. The van der Waals surface area contributed by atoms with Crippen LogP contribution in [0.4, 0.5) is 0 Å². The van der Waals surface area contributed by atoms with Crippen molar-refractivity contribution in [2.75, 3.05) is 0 Å². The van der Waals surface area contributed by atoms with Crippen LogP contribution in [0.15, 0.2) is 121 Å². The number of fused-ring (bicyclic) bond motifs is 7. The molecule has 3 heterocycles. The van der Waals surface area contributed by atoms with E-state index < -0.39 is 0 Å². The summed E-state index contributed by atoms with van der Waals surface area (Å²) in [4.78, 5) is 11.1. The van der Waals surface area contributed by atoms with Gasteiger partial charge in [-0.15, -0.1) is 0 Å². The summed E-state index contributed by atoms with van der Waals surface area (Å²) in [6, 6.07) is 41.6. The van der Waals surface area contributed by atoms with Gasteiger partial charge in [0.1, 0.15) is 0 Å². The Kier molecular flexibility index (Phi) is 4.05. The van der Waals surface area contributed by atoms with Crippen molar-refractivity contribution in [1.82, 2.24) is 15.0 Å². The van der Waals surface area contributed by atoms with Crippen molar-refractivity contribution in [2.24, 2.45) is 0 Å². The third-order valence-electron chi connectivity index (χ3n) is 8.29. The first kappa shape index (κ1) is 20.7. The number of benzene rings is 6. The molecule has 6 aromatic carbocycles. The minimum absolute atomic E-state index is 1.12. The summed E-state index contributed by atoms with van der Waals surface area (Å²) < 4.78 is 0. The topological polar surface area (TPSA) is 47.4 Å². The molecule has 182 valence electrons. The van der Waals surface area contributed by atoms with Gasteiger partial charge >= 0.3 is 0 Å². The smallest absolute Gasteiger partial charge is 0.0551 e. The largest absolute Gasteiger partial charge is 0.360 e. The van der Waals surface area contributed by atoms with Gasteiger partial charge < -0.3 is 15.0 Å². The van der Waals surface area contributed by atoms with E-state index in [9.17, 15) is 0 Å². The molecule has 0 amide bonds. The number of nitrogens with one attached hydrogen (secondary N) is 3. The molecular formula is C36H23N3. The predicted molar refractivity (Wildman–Crippen MR) is 165 cm³/mol. The molecule has 39 heavy (non-hydrogen) atoms. The summed E-state index contributed by atoms with van der Waals surface area (Å²) in [7, 11) is 0. The predicted octanol–water partition coefficient (Wildman–Crippen LogP) is 9.92. The van der Waals surface area contributed by atoms with Crippen molar-refractivity contribution in [1.29, 1.82) is 0 Å². The molecule has 3 aromatic heterocycles. The first-order chi connectivity index (χ1) is 19.3. The van der Waals surface area contributed by atoms with Gasteiger partial charge in [-0.1, -0.05) is 78.9 Å². The van der Waals surface area contributed by atoms with Gasteiger partial charge in [0, 0.05) is 61.2 Å². The molecule has 0 fully saturated rings. The van der Waals surface area contributed by atoms with Crippen molar-refractivity contribution >= 4 is 65.2 Å². The number of aromatic nitrogens is 3. The van der Waals surface area contributed by atoms with E-state index in [2.05, 4.69) is 136 Å². The minimum atomic E-state index is 1.12. The van der Waals surface area contributed by atoms with E-state index in [0.29, 0.717) is 0 Å². The van der Waals surface area contributed by atoms with Gasteiger partial charge in [0.25, 0.3) is 0 Å². The van der Waals surface area contributed by atoms with E-state index in [1.807, 2.05) is 0 Å². The van der Waals surface area contributed by atoms with Crippen molar-refractivity contribution in [2.45, 2.75) is 0 Å². The van der Waals surface area contributed by atoms with Gasteiger partial charge in [-0.2, -0.15) is 0 Å². The number of hydrogen-bond acceptors (Lipinski definition) is 0. The van der Waals surface area contributed by atoms with Gasteiger partial charge in [0.15, 0.2) is 0 Å². The van der Waals surface area contributed by atoms with Crippen LogP contribution in [-0.2, 0) is 0 Å². The van der Waals surface area contributed by atoms with E-state index >= 15 is 0 Å². The first-order valence-corrected chi connectivity index (χ1v) is 13.4. The summed E-state index contributed by atoms with van der Waals surface area (Å²) in [5.41, 5.74) is 9.37. The van der Waals surface area contributed by atoms with Crippen LogP contribution in [0.2, 0.25) is 0 Å². The number of para-hydroxylation sites is 3. The quantitative estimate of drug-likeness (QED) is 0.199. The van der Waals surface area contributed by atoms with Crippen molar-refractivity contribution in [3.05, 3.63) is 121 Å². The fourth-order valence-corrected chi connectivity index (χ4v) is 6.48. The number of H-pyrrole nitrogens is 3. The highest BCUT2D eigenvalue weighted by molar-refractivity contribution is 6.23. The third kappa shape index (κ3) is 2.93. The highest BCUT2D eigenvalue weighted by atomic mass is 14.7. The Labute approximate surface area is 223 Å². The SMILES string of the molecule is c1ccc2cc3c(-c4cccc5c(-c6cc7ccccc7[nH]6)c[nH]c45)c4[nH]c5ccccc5c4cc3cc2c1. The lowest BCUT2D eigenvalue weighted by Crippen LogP contribution is -1.87. The van der Waals surface area contributed by atoms with Crippen molar-refractivity contribution in [3.8, 4) is 22.4 Å². The molecule has 0 aliphatic heterocycles.